The van der Waals surface area contributed by atoms with Crippen molar-refractivity contribution in [3.8, 4) is 0 Å². The van der Waals surface area contributed by atoms with Crippen molar-refractivity contribution in [3.63, 3.8) is 0 Å². The second kappa shape index (κ2) is 5.92. The van der Waals surface area contributed by atoms with Gasteiger partial charge in [0.15, 0.2) is 5.65 Å². The molecule has 1 amide bonds. The van der Waals surface area contributed by atoms with Gasteiger partial charge in [-0.3, -0.25) is 9.78 Å². The highest BCUT2D eigenvalue weighted by Crippen LogP contribution is 2.19. The van der Waals surface area contributed by atoms with Gasteiger partial charge in [0.1, 0.15) is 11.3 Å². The lowest BCUT2D eigenvalue weighted by Crippen LogP contribution is -2.40. The van der Waals surface area contributed by atoms with E-state index in [0.717, 1.165) is 11.4 Å². The lowest BCUT2D eigenvalue weighted by Gasteiger charge is -2.20. The van der Waals surface area contributed by atoms with Crippen molar-refractivity contribution in [2.75, 3.05) is 5.32 Å². The first-order valence-electron chi connectivity index (χ1n) is 7.68. The minimum absolute atomic E-state index is 0.183. The molecule has 7 nitrogen and oxygen atoms in total. The van der Waals surface area contributed by atoms with Crippen molar-refractivity contribution in [2.45, 2.75) is 33.2 Å². The summed E-state index contributed by atoms with van der Waals surface area (Å²) in [5.74, 6) is 0.370. The number of aromatic nitrogens is 4. The van der Waals surface area contributed by atoms with Crippen LogP contribution < -0.4 is 10.6 Å². The topological polar surface area (TPSA) is 95.6 Å². The van der Waals surface area contributed by atoms with Gasteiger partial charge in [-0.2, -0.15) is 0 Å². The Bertz CT molecular complexity index is 876. The molecule has 3 heterocycles. The smallest absolute Gasteiger partial charge is 0.255 e. The van der Waals surface area contributed by atoms with E-state index in [0.29, 0.717) is 22.5 Å². The lowest BCUT2D eigenvalue weighted by atomic mass is 10.1. The number of hydrogen-bond donors (Lipinski definition) is 3. The summed E-state index contributed by atoms with van der Waals surface area (Å²) in [5.41, 5.74) is 3.00. The fourth-order valence-electron chi connectivity index (χ4n) is 2.22. The van der Waals surface area contributed by atoms with Gasteiger partial charge in [-0.1, -0.05) is 0 Å². The molecular formula is C17H20N6O. The molecule has 3 rings (SSSR count). The third-order valence-corrected chi connectivity index (χ3v) is 3.30. The largest absolute Gasteiger partial charge is 0.347 e. The van der Waals surface area contributed by atoms with Crippen molar-refractivity contribution in [3.05, 3.63) is 42.0 Å². The Balaban J connectivity index is 1.91. The van der Waals surface area contributed by atoms with Crippen LogP contribution in [0.5, 0.6) is 0 Å². The average Bonchev–Trinajstić information content (AvgIpc) is 2.91. The van der Waals surface area contributed by atoms with E-state index in [1.807, 2.05) is 39.8 Å². The van der Waals surface area contributed by atoms with Crippen molar-refractivity contribution < 1.29 is 4.79 Å². The van der Waals surface area contributed by atoms with E-state index in [1.54, 1.807) is 18.6 Å². The normalized spacial score (nSPS) is 11.5. The number of amides is 1. The summed E-state index contributed by atoms with van der Waals surface area (Å²) in [5, 5.41) is 6.08. The van der Waals surface area contributed by atoms with Crippen LogP contribution >= 0.6 is 0 Å². The number of rotatable bonds is 3. The van der Waals surface area contributed by atoms with Crippen LogP contribution in [0.25, 0.3) is 11.2 Å². The van der Waals surface area contributed by atoms with E-state index in [2.05, 4.69) is 30.6 Å². The third-order valence-electron chi connectivity index (χ3n) is 3.30. The molecule has 0 aromatic carbocycles. The van der Waals surface area contributed by atoms with E-state index in [-0.39, 0.29) is 11.4 Å². The maximum absolute atomic E-state index is 12.4. The molecule has 0 bridgehead atoms. The summed E-state index contributed by atoms with van der Waals surface area (Å²) in [6.07, 6.45) is 4.97. The summed E-state index contributed by atoms with van der Waals surface area (Å²) in [7, 11) is 0. The van der Waals surface area contributed by atoms with E-state index in [1.165, 1.54) is 0 Å². The highest BCUT2D eigenvalue weighted by Gasteiger charge is 2.19. The molecule has 0 saturated carbocycles. The molecule has 0 aliphatic heterocycles. The summed E-state index contributed by atoms with van der Waals surface area (Å²) >= 11 is 0. The maximum Gasteiger partial charge on any atom is 0.255 e. The minimum atomic E-state index is -0.322. The summed E-state index contributed by atoms with van der Waals surface area (Å²) in [4.78, 5) is 28.4. The number of aryl methyl sites for hydroxylation is 1. The van der Waals surface area contributed by atoms with Gasteiger partial charge in [-0.15, -0.1) is 0 Å². The summed E-state index contributed by atoms with van der Waals surface area (Å²) < 4.78 is 0. The zero-order chi connectivity index (χ0) is 17.3. The predicted molar refractivity (Wildman–Crippen MR) is 93.4 cm³/mol. The lowest BCUT2D eigenvalue weighted by molar-refractivity contribution is 0.0921. The first kappa shape index (κ1) is 15.9. The Labute approximate surface area is 139 Å². The van der Waals surface area contributed by atoms with Crippen molar-refractivity contribution in [2.24, 2.45) is 0 Å². The fraction of sp³-hybridized carbons (Fsp3) is 0.294. The first-order valence-corrected chi connectivity index (χ1v) is 7.68. The number of carbonyl (C=O) groups excluding carboxylic acids is 1. The number of nitrogens with zero attached hydrogens (tertiary/aromatic N) is 3. The monoisotopic (exact) mass is 324 g/mol. The SMILES string of the molecule is Cc1ccc(Nc2cnc3[nH]cc(C(=O)NC(C)(C)C)c3n2)cn1. The van der Waals surface area contributed by atoms with Crippen molar-refractivity contribution in [1.82, 2.24) is 25.3 Å². The Hall–Kier alpha value is -2.96. The van der Waals surface area contributed by atoms with Crippen LogP contribution in [-0.4, -0.2) is 31.4 Å². The average molecular weight is 324 g/mol. The van der Waals surface area contributed by atoms with Gasteiger partial charge in [0, 0.05) is 17.4 Å². The van der Waals surface area contributed by atoms with Crippen LogP contribution in [-0.2, 0) is 0 Å². The number of hydrogen-bond acceptors (Lipinski definition) is 5. The van der Waals surface area contributed by atoms with Crippen LogP contribution in [0.2, 0.25) is 0 Å². The Kier molecular flexibility index (Phi) is 3.92. The number of fused-ring (bicyclic) bond motifs is 1. The number of pyridine rings is 1. The molecule has 0 aliphatic rings. The summed E-state index contributed by atoms with van der Waals surface area (Å²) in [6, 6.07) is 3.82. The number of H-pyrrole nitrogens is 1. The quantitative estimate of drug-likeness (QED) is 0.688. The van der Waals surface area contributed by atoms with Crippen LogP contribution in [0.15, 0.2) is 30.7 Å². The fourth-order valence-corrected chi connectivity index (χ4v) is 2.22. The van der Waals surface area contributed by atoms with E-state index >= 15 is 0 Å². The highest BCUT2D eigenvalue weighted by atomic mass is 16.1. The van der Waals surface area contributed by atoms with Crippen LogP contribution in [0.3, 0.4) is 0 Å². The maximum atomic E-state index is 12.4. The molecule has 0 fully saturated rings. The number of aromatic amines is 1. The number of anilines is 2. The number of nitrogens with one attached hydrogen (secondary N) is 3. The molecule has 0 aliphatic carbocycles. The molecule has 0 saturated heterocycles. The van der Waals surface area contributed by atoms with Gasteiger partial charge in [0.25, 0.3) is 5.91 Å². The molecule has 3 N–H and O–H groups in total. The molecule has 0 unspecified atom stereocenters. The van der Waals surface area contributed by atoms with E-state index in [4.69, 9.17) is 0 Å². The molecule has 3 aromatic heterocycles. The van der Waals surface area contributed by atoms with Crippen LogP contribution in [0, 0.1) is 6.92 Å². The molecule has 24 heavy (non-hydrogen) atoms. The molecule has 0 atom stereocenters. The standard InChI is InChI=1S/C17H20N6O/c1-10-5-6-11(7-18-10)21-13-9-20-15-14(22-13)12(8-19-15)16(24)23-17(2,3)4/h5-9H,1-4H3,(H,19,20)(H,21,22)(H,23,24). The van der Waals surface area contributed by atoms with E-state index < -0.39 is 0 Å². The second-order valence-corrected chi connectivity index (χ2v) is 6.67. The number of carbonyl (C=O) groups is 1. The van der Waals surface area contributed by atoms with Gasteiger partial charge in [0.05, 0.1) is 23.6 Å². The molecule has 7 heteroatoms. The van der Waals surface area contributed by atoms with Crippen molar-refractivity contribution >= 4 is 28.6 Å². The van der Waals surface area contributed by atoms with Gasteiger partial charge >= 0.3 is 0 Å². The van der Waals surface area contributed by atoms with Crippen LogP contribution in [0.1, 0.15) is 36.8 Å². The van der Waals surface area contributed by atoms with E-state index in [9.17, 15) is 4.79 Å². The predicted octanol–water partition coefficient (Wildman–Crippen LogP) is 2.93. The van der Waals surface area contributed by atoms with Gasteiger partial charge in [-0.25, -0.2) is 9.97 Å². The molecule has 0 radical (unpaired) electrons. The van der Waals surface area contributed by atoms with Gasteiger partial charge in [-0.05, 0) is 39.8 Å². The molecule has 3 aromatic rings. The van der Waals surface area contributed by atoms with Gasteiger partial charge in [0.2, 0.25) is 0 Å². The third kappa shape index (κ3) is 3.51. The van der Waals surface area contributed by atoms with Crippen LogP contribution in [0.4, 0.5) is 11.5 Å². The molecule has 124 valence electrons. The Morgan fingerprint density at radius 1 is 1.17 bits per heavy atom. The zero-order valence-corrected chi connectivity index (χ0v) is 14.1. The minimum Gasteiger partial charge on any atom is -0.347 e. The summed E-state index contributed by atoms with van der Waals surface area (Å²) in [6.45, 7) is 7.73. The molecule has 0 spiro atoms. The first-order chi connectivity index (χ1) is 11.3. The molecular weight excluding hydrogens is 304 g/mol. The second-order valence-electron chi connectivity index (χ2n) is 6.67. The zero-order valence-electron chi connectivity index (χ0n) is 14.1. The van der Waals surface area contributed by atoms with Crippen molar-refractivity contribution in [1.29, 1.82) is 0 Å². The highest BCUT2D eigenvalue weighted by molar-refractivity contribution is 6.04. The Morgan fingerprint density at radius 3 is 2.62 bits per heavy atom. The van der Waals surface area contributed by atoms with Gasteiger partial charge < -0.3 is 15.6 Å². The Morgan fingerprint density at radius 2 is 1.96 bits per heavy atom.